The molecule has 7 nitrogen and oxygen atoms in total. The number of carbonyl (C=O) groups is 2. The van der Waals surface area contributed by atoms with Crippen LogP contribution in [0.3, 0.4) is 0 Å². The molecule has 1 aromatic rings. The molecule has 1 fully saturated rings. The highest BCUT2D eigenvalue weighted by molar-refractivity contribution is 7.99. The lowest BCUT2D eigenvalue weighted by molar-refractivity contribution is -0.137. The maximum Gasteiger partial charge on any atom is 0.376 e. The predicted molar refractivity (Wildman–Crippen MR) is 78.8 cm³/mol. The molecular formula is C13H17N3O4S. The summed E-state index contributed by atoms with van der Waals surface area (Å²) in [6.45, 7) is 2.46. The highest BCUT2D eigenvalue weighted by Gasteiger charge is 2.27. The second-order valence-electron chi connectivity index (χ2n) is 4.70. The number of hydrogen-bond donors (Lipinski definition) is 1. The number of carbonyl (C=O) groups excluding carboxylic acids is 1. The molecule has 0 amide bonds. The van der Waals surface area contributed by atoms with Gasteiger partial charge in [0.15, 0.2) is 0 Å². The number of carboxylic acid groups (broad SMARTS) is 1. The number of esters is 1. The van der Waals surface area contributed by atoms with Gasteiger partial charge in [0, 0.05) is 35.9 Å². The Balaban J connectivity index is 2.31. The summed E-state index contributed by atoms with van der Waals surface area (Å²) in [5, 5.41) is 9.02. The monoisotopic (exact) mass is 311 g/mol. The molecule has 0 bridgehead atoms. The molecule has 0 spiro atoms. The Morgan fingerprint density at radius 3 is 2.95 bits per heavy atom. The number of aromatic nitrogens is 2. The van der Waals surface area contributed by atoms with E-state index in [1.807, 2.05) is 4.90 Å². The summed E-state index contributed by atoms with van der Waals surface area (Å²) in [5.41, 5.74) is 0.646. The van der Waals surface area contributed by atoms with E-state index in [2.05, 4.69) is 14.7 Å². The van der Waals surface area contributed by atoms with Crippen molar-refractivity contribution in [1.29, 1.82) is 0 Å². The number of anilines is 1. The third kappa shape index (κ3) is 3.84. The zero-order valence-corrected chi connectivity index (χ0v) is 12.7. The van der Waals surface area contributed by atoms with Crippen molar-refractivity contribution in [2.45, 2.75) is 19.4 Å². The highest BCUT2D eigenvalue weighted by atomic mass is 32.2. The quantitative estimate of drug-likeness (QED) is 0.822. The molecule has 114 valence electrons. The first-order chi connectivity index (χ1) is 10.0. The Bertz CT molecular complexity index is 552. The third-order valence-corrected chi connectivity index (χ3v) is 4.23. The van der Waals surface area contributed by atoms with E-state index in [1.165, 1.54) is 7.11 Å². The third-order valence-electron chi connectivity index (χ3n) is 3.14. The molecule has 1 N–H and O–H groups in total. The van der Waals surface area contributed by atoms with Gasteiger partial charge in [-0.3, -0.25) is 4.79 Å². The lowest BCUT2D eigenvalue weighted by Gasteiger charge is -2.35. The Labute approximate surface area is 126 Å². The van der Waals surface area contributed by atoms with E-state index in [0.717, 1.165) is 11.5 Å². The molecule has 0 aromatic carbocycles. The number of ether oxygens (including phenoxy) is 1. The van der Waals surface area contributed by atoms with Crippen LogP contribution in [0, 0.1) is 6.92 Å². The Hall–Kier alpha value is -1.83. The van der Waals surface area contributed by atoms with Crippen LogP contribution in [-0.4, -0.2) is 58.2 Å². The topological polar surface area (TPSA) is 92.6 Å². The normalized spacial score (nSPS) is 18.4. The second-order valence-corrected chi connectivity index (χ2v) is 5.85. The Kier molecular flexibility index (Phi) is 5.00. The minimum absolute atomic E-state index is 0.000184. The average molecular weight is 311 g/mol. The first-order valence-electron chi connectivity index (χ1n) is 6.51. The summed E-state index contributed by atoms with van der Waals surface area (Å²) in [4.78, 5) is 32.8. The van der Waals surface area contributed by atoms with Gasteiger partial charge in [0.05, 0.1) is 13.5 Å². The molecule has 0 aliphatic carbocycles. The van der Waals surface area contributed by atoms with Gasteiger partial charge in [-0.2, -0.15) is 11.8 Å². The number of methoxy groups -OCH3 is 1. The van der Waals surface area contributed by atoms with Crippen LogP contribution in [0.2, 0.25) is 0 Å². The maximum atomic E-state index is 11.6. The van der Waals surface area contributed by atoms with Crippen LogP contribution in [0.15, 0.2) is 6.07 Å². The van der Waals surface area contributed by atoms with Gasteiger partial charge in [-0.25, -0.2) is 14.8 Å². The number of thioether (sulfide) groups is 1. The maximum absolute atomic E-state index is 11.6. The number of rotatable bonds is 4. The van der Waals surface area contributed by atoms with Crippen molar-refractivity contribution in [3.63, 3.8) is 0 Å². The van der Waals surface area contributed by atoms with Crippen molar-refractivity contribution in [3.8, 4) is 0 Å². The van der Waals surface area contributed by atoms with E-state index < -0.39 is 11.9 Å². The van der Waals surface area contributed by atoms with Crippen molar-refractivity contribution >= 4 is 29.5 Å². The van der Waals surface area contributed by atoms with E-state index in [9.17, 15) is 9.59 Å². The van der Waals surface area contributed by atoms with E-state index in [4.69, 9.17) is 5.11 Å². The number of nitrogens with zero attached hydrogens (tertiary/aromatic N) is 3. The second kappa shape index (κ2) is 6.75. The summed E-state index contributed by atoms with van der Waals surface area (Å²) in [5.74, 6) is 0.761. The van der Waals surface area contributed by atoms with E-state index >= 15 is 0 Å². The standard InChI is InChI=1S/C13H17N3O4S/c1-8-5-10(15-12(14-8)13(19)20-2)16-3-4-21-7-9(16)6-11(17)18/h5,9H,3-4,6-7H2,1-2H3,(H,17,18). The van der Waals surface area contributed by atoms with Crippen molar-refractivity contribution in [3.05, 3.63) is 17.6 Å². The lowest BCUT2D eigenvalue weighted by Crippen LogP contribution is -2.44. The largest absolute Gasteiger partial charge is 0.481 e. The average Bonchev–Trinajstić information content (AvgIpc) is 2.45. The summed E-state index contributed by atoms with van der Waals surface area (Å²) >= 11 is 1.72. The molecule has 1 aliphatic heterocycles. The lowest BCUT2D eigenvalue weighted by atomic mass is 10.2. The van der Waals surface area contributed by atoms with Crippen LogP contribution in [0.5, 0.6) is 0 Å². The Morgan fingerprint density at radius 2 is 2.29 bits per heavy atom. The van der Waals surface area contributed by atoms with Crippen molar-refractivity contribution in [1.82, 2.24) is 9.97 Å². The van der Waals surface area contributed by atoms with Gasteiger partial charge >= 0.3 is 11.9 Å². The number of hydrogen-bond acceptors (Lipinski definition) is 7. The van der Waals surface area contributed by atoms with Crippen LogP contribution in [0.25, 0.3) is 0 Å². The number of aryl methyl sites for hydroxylation is 1. The summed E-state index contributed by atoms with van der Waals surface area (Å²) in [6.07, 6.45) is 0.0452. The van der Waals surface area contributed by atoms with Crippen LogP contribution in [-0.2, 0) is 9.53 Å². The first-order valence-corrected chi connectivity index (χ1v) is 7.67. The molecule has 1 aliphatic rings. The van der Waals surface area contributed by atoms with Gasteiger partial charge < -0.3 is 14.7 Å². The zero-order valence-electron chi connectivity index (χ0n) is 11.9. The van der Waals surface area contributed by atoms with Crippen molar-refractivity contribution in [2.24, 2.45) is 0 Å². The predicted octanol–water partition coefficient (Wildman–Crippen LogP) is 0.968. The van der Waals surface area contributed by atoms with Gasteiger partial charge in [-0.1, -0.05) is 0 Å². The molecular weight excluding hydrogens is 294 g/mol. The summed E-state index contributed by atoms with van der Waals surface area (Å²) in [7, 11) is 1.28. The molecule has 0 saturated carbocycles. The minimum Gasteiger partial charge on any atom is -0.481 e. The molecule has 2 heterocycles. The fourth-order valence-corrected chi connectivity index (χ4v) is 3.27. The first kappa shape index (κ1) is 15.6. The molecule has 1 aromatic heterocycles. The minimum atomic E-state index is -0.841. The van der Waals surface area contributed by atoms with Gasteiger partial charge in [-0.15, -0.1) is 0 Å². The van der Waals surface area contributed by atoms with Gasteiger partial charge in [0.2, 0.25) is 5.82 Å². The molecule has 0 radical (unpaired) electrons. The molecule has 1 atom stereocenters. The fraction of sp³-hybridized carbons (Fsp3) is 0.538. The molecule has 21 heavy (non-hydrogen) atoms. The number of aliphatic carboxylic acids is 1. The molecule has 1 saturated heterocycles. The fourth-order valence-electron chi connectivity index (χ4n) is 2.21. The van der Waals surface area contributed by atoms with Crippen LogP contribution in [0.4, 0.5) is 5.82 Å². The van der Waals surface area contributed by atoms with Crippen LogP contribution < -0.4 is 4.90 Å². The zero-order chi connectivity index (χ0) is 15.4. The Morgan fingerprint density at radius 1 is 1.52 bits per heavy atom. The van der Waals surface area contributed by atoms with E-state index in [1.54, 1.807) is 24.8 Å². The van der Waals surface area contributed by atoms with Gasteiger partial charge in [0.25, 0.3) is 0 Å². The van der Waals surface area contributed by atoms with Crippen LogP contribution in [0.1, 0.15) is 22.7 Å². The van der Waals surface area contributed by atoms with Crippen LogP contribution >= 0.6 is 11.8 Å². The SMILES string of the molecule is COC(=O)c1nc(C)cc(N2CCSCC2CC(=O)O)n1. The molecule has 1 unspecified atom stereocenters. The summed E-state index contributed by atoms with van der Waals surface area (Å²) in [6, 6.07) is 1.62. The summed E-state index contributed by atoms with van der Waals surface area (Å²) < 4.78 is 4.64. The highest BCUT2D eigenvalue weighted by Crippen LogP contribution is 2.25. The van der Waals surface area contributed by atoms with E-state index in [0.29, 0.717) is 18.1 Å². The smallest absolute Gasteiger partial charge is 0.376 e. The van der Waals surface area contributed by atoms with Crippen molar-refractivity contribution < 1.29 is 19.4 Å². The van der Waals surface area contributed by atoms with E-state index in [-0.39, 0.29) is 18.3 Å². The van der Waals surface area contributed by atoms with Gasteiger partial charge in [-0.05, 0) is 6.92 Å². The number of carboxylic acids is 1. The molecule has 8 heteroatoms. The molecule has 2 rings (SSSR count). The van der Waals surface area contributed by atoms with Crippen molar-refractivity contribution in [2.75, 3.05) is 30.1 Å². The van der Waals surface area contributed by atoms with Gasteiger partial charge in [0.1, 0.15) is 5.82 Å².